The third-order valence-corrected chi connectivity index (χ3v) is 2.01. The molecule has 1 aromatic carbocycles. The zero-order valence-corrected chi connectivity index (χ0v) is 8.73. The predicted molar refractivity (Wildman–Crippen MR) is 55.1 cm³/mol. The fourth-order valence-corrected chi connectivity index (χ4v) is 1.24. The van der Waals surface area contributed by atoms with Gasteiger partial charge in [-0.1, -0.05) is 6.07 Å². The molecule has 0 heterocycles. The Balaban J connectivity index is 3.34. The second kappa shape index (κ2) is 4.91. The van der Waals surface area contributed by atoms with Gasteiger partial charge in [0.2, 0.25) is 0 Å². The van der Waals surface area contributed by atoms with E-state index in [4.69, 9.17) is 10.2 Å². The van der Waals surface area contributed by atoms with Crippen LogP contribution in [-0.4, -0.2) is 22.2 Å². The number of rotatable bonds is 3. The fraction of sp³-hybridized carbons (Fsp3) is 0.0909. The molecule has 96 valence electrons. The molecular weight excluding hydrogens is 253 g/mol. The summed E-state index contributed by atoms with van der Waals surface area (Å²) in [6.07, 6.45) is -3.45. The van der Waals surface area contributed by atoms with E-state index in [1.807, 2.05) is 0 Å². The average Bonchev–Trinajstić information content (AvgIpc) is 2.24. The molecule has 0 aromatic heterocycles. The van der Waals surface area contributed by atoms with Crippen LogP contribution in [0.5, 0.6) is 0 Å². The molecule has 0 radical (unpaired) electrons. The molecular formula is C11H7F3O4. The lowest BCUT2D eigenvalue weighted by molar-refractivity contribution is -0.138. The Bertz CT molecular complexity index is 518. The molecule has 2 N–H and O–H groups in total. The largest absolute Gasteiger partial charge is 0.478 e. The normalized spacial score (nSPS) is 11.7. The van der Waals surface area contributed by atoms with Gasteiger partial charge in [-0.25, -0.2) is 9.59 Å². The Morgan fingerprint density at radius 2 is 1.78 bits per heavy atom. The third-order valence-electron chi connectivity index (χ3n) is 2.01. The first-order valence-corrected chi connectivity index (χ1v) is 4.57. The molecule has 1 aromatic rings. The minimum atomic E-state index is -4.76. The van der Waals surface area contributed by atoms with Crippen LogP contribution in [0.25, 0.3) is 6.08 Å². The maximum absolute atomic E-state index is 12.6. The first kappa shape index (κ1) is 13.8. The van der Waals surface area contributed by atoms with Crippen molar-refractivity contribution in [2.75, 3.05) is 0 Å². The number of carboxylic acid groups (broad SMARTS) is 2. The van der Waals surface area contributed by atoms with Crippen LogP contribution in [0.15, 0.2) is 24.3 Å². The SMILES string of the molecule is O=C(O)C=Cc1ccc(C(=O)O)cc1C(F)(F)F. The van der Waals surface area contributed by atoms with E-state index in [-0.39, 0.29) is 0 Å². The second-order valence-electron chi connectivity index (χ2n) is 3.28. The van der Waals surface area contributed by atoms with Crippen LogP contribution < -0.4 is 0 Å². The molecule has 0 atom stereocenters. The third kappa shape index (κ3) is 3.34. The van der Waals surface area contributed by atoms with Gasteiger partial charge in [0, 0.05) is 6.08 Å². The van der Waals surface area contributed by atoms with Gasteiger partial charge < -0.3 is 10.2 Å². The first-order valence-electron chi connectivity index (χ1n) is 4.57. The van der Waals surface area contributed by atoms with Crippen LogP contribution in [0.1, 0.15) is 21.5 Å². The summed E-state index contributed by atoms with van der Waals surface area (Å²) in [5.74, 6) is -2.89. The van der Waals surface area contributed by atoms with Gasteiger partial charge in [0.15, 0.2) is 0 Å². The van der Waals surface area contributed by atoms with Crippen molar-refractivity contribution < 1.29 is 33.0 Å². The molecule has 1 rings (SSSR count). The Morgan fingerprint density at radius 1 is 1.17 bits per heavy atom. The molecule has 0 aliphatic heterocycles. The number of halogens is 3. The van der Waals surface area contributed by atoms with Crippen molar-refractivity contribution in [3.05, 3.63) is 41.0 Å². The quantitative estimate of drug-likeness (QED) is 0.819. The summed E-state index contributed by atoms with van der Waals surface area (Å²) in [7, 11) is 0. The highest BCUT2D eigenvalue weighted by molar-refractivity contribution is 5.89. The Labute approximate surface area is 99.0 Å². The van der Waals surface area contributed by atoms with Crippen LogP contribution in [0, 0.1) is 0 Å². The number of carbonyl (C=O) groups is 2. The summed E-state index contributed by atoms with van der Waals surface area (Å²) in [5.41, 5.74) is -2.12. The lowest BCUT2D eigenvalue weighted by Crippen LogP contribution is -2.10. The smallest absolute Gasteiger partial charge is 0.417 e. The van der Waals surface area contributed by atoms with E-state index >= 15 is 0 Å². The van der Waals surface area contributed by atoms with Crippen molar-refractivity contribution >= 4 is 18.0 Å². The second-order valence-corrected chi connectivity index (χ2v) is 3.28. The van der Waals surface area contributed by atoms with Crippen LogP contribution in [0.3, 0.4) is 0 Å². The maximum Gasteiger partial charge on any atom is 0.417 e. The molecule has 0 aliphatic rings. The number of alkyl halides is 3. The highest BCUT2D eigenvalue weighted by atomic mass is 19.4. The summed E-state index contributed by atoms with van der Waals surface area (Å²) >= 11 is 0. The van der Waals surface area contributed by atoms with Gasteiger partial charge in [-0.05, 0) is 23.8 Å². The number of hydrogen-bond donors (Lipinski definition) is 2. The van der Waals surface area contributed by atoms with E-state index in [1.165, 1.54) is 0 Å². The molecule has 18 heavy (non-hydrogen) atoms. The topological polar surface area (TPSA) is 74.6 Å². The molecule has 0 spiro atoms. The molecule has 0 unspecified atom stereocenters. The lowest BCUT2D eigenvalue weighted by Gasteiger charge is -2.11. The van der Waals surface area contributed by atoms with Gasteiger partial charge in [-0.3, -0.25) is 0 Å². The molecule has 7 heteroatoms. The Kier molecular flexibility index (Phi) is 3.75. The molecule has 0 saturated carbocycles. The van der Waals surface area contributed by atoms with Crippen LogP contribution in [0.4, 0.5) is 13.2 Å². The summed E-state index contributed by atoms with van der Waals surface area (Å²) in [5, 5.41) is 17.0. The van der Waals surface area contributed by atoms with Gasteiger partial charge in [-0.15, -0.1) is 0 Å². The zero-order valence-electron chi connectivity index (χ0n) is 8.73. The van der Waals surface area contributed by atoms with Gasteiger partial charge in [0.1, 0.15) is 0 Å². The Morgan fingerprint density at radius 3 is 2.22 bits per heavy atom. The van der Waals surface area contributed by atoms with Crippen molar-refractivity contribution in [3.63, 3.8) is 0 Å². The van der Waals surface area contributed by atoms with Crippen molar-refractivity contribution in [1.29, 1.82) is 0 Å². The first-order chi connectivity index (χ1) is 8.21. The number of carboxylic acids is 2. The average molecular weight is 260 g/mol. The van der Waals surface area contributed by atoms with Gasteiger partial charge in [0.05, 0.1) is 11.1 Å². The highest BCUT2D eigenvalue weighted by Gasteiger charge is 2.33. The fourth-order valence-electron chi connectivity index (χ4n) is 1.24. The molecule has 0 bridgehead atoms. The number of aliphatic carboxylic acids is 1. The van der Waals surface area contributed by atoms with Crippen molar-refractivity contribution in [3.8, 4) is 0 Å². The van der Waals surface area contributed by atoms with Gasteiger partial charge >= 0.3 is 18.1 Å². The van der Waals surface area contributed by atoms with E-state index in [9.17, 15) is 22.8 Å². The summed E-state index contributed by atoms with van der Waals surface area (Å²) in [6, 6.07) is 2.34. The van der Waals surface area contributed by atoms with E-state index < -0.39 is 34.8 Å². The van der Waals surface area contributed by atoms with Crippen molar-refractivity contribution in [2.24, 2.45) is 0 Å². The van der Waals surface area contributed by atoms with Crippen molar-refractivity contribution in [1.82, 2.24) is 0 Å². The lowest BCUT2D eigenvalue weighted by atomic mass is 10.0. The molecule has 0 fully saturated rings. The summed E-state index contributed by atoms with van der Waals surface area (Å²) in [6.45, 7) is 0. The Hall–Kier alpha value is -2.31. The number of hydrogen-bond acceptors (Lipinski definition) is 2. The molecule has 0 aliphatic carbocycles. The molecule has 0 amide bonds. The van der Waals surface area contributed by atoms with E-state index in [2.05, 4.69) is 0 Å². The van der Waals surface area contributed by atoms with Crippen molar-refractivity contribution in [2.45, 2.75) is 6.18 Å². The van der Waals surface area contributed by atoms with Crippen LogP contribution in [0.2, 0.25) is 0 Å². The minimum absolute atomic E-state index is 0.407. The summed E-state index contributed by atoms with van der Waals surface area (Å²) in [4.78, 5) is 20.8. The summed E-state index contributed by atoms with van der Waals surface area (Å²) < 4.78 is 37.9. The minimum Gasteiger partial charge on any atom is -0.478 e. The van der Waals surface area contributed by atoms with E-state index in [1.54, 1.807) is 0 Å². The predicted octanol–water partition coefficient (Wildman–Crippen LogP) is 2.50. The molecule has 4 nitrogen and oxygen atoms in total. The van der Waals surface area contributed by atoms with Gasteiger partial charge in [0.25, 0.3) is 0 Å². The van der Waals surface area contributed by atoms with E-state index in [0.717, 1.165) is 18.2 Å². The van der Waals surface area contributed by atoms with Gasteiger partial charge in [-0.2, -0.15) is 13.2 Å². The standard InChI is InChI=1S/C11H7F3O4/c12-11(13,14)8-5-7(10(17)18)2-1-6(8)3-4-9(15)16/h1-5H,(H,15,16)(H,17,18). The van der Waals surface area contributed by atoms with Crippen LogP contribution in [-0.2, 0) is 11.0 Å². The number of aromatic carboxylic acids is 1. The zero-order chi connectivity index (χ0) is 13.9. The highest BCUT2D eigenvalue weighted by Crippen LogP contribution is 2.33. The molecule has 0 saturated heterocycles. The van der Waals surface area contributed by atoms with Crippen LogP contribution >= 0.6 is 0 Å². The van der Waals surface area contributed by atoms with E-state index in [0.29, 0.717) is 12.1 Å². The number of benzene rings is 1. The maximum atomic E-state index is 12.6. The monoisotopic (exact) mass is 260 g/mol.